The fourth-order valence-corrected chi connectivity index (χ4v) is 4.01. The van der Waals surface area contributed by atoms with Crippen molar-refractivity contribution in [1.82, 2.24) is 35.0 Å². The molecule has 2 aromatic heterocycles. The minimum atomic E-state index is -0.0406. The molecule has 2 heterocycles. The molecule has 8 heteroatoms. The van der Waals surface area contributed by atoms with Gasteiger partial charge in [0.2, 0.25) is 5.82 Å². The molecule has 4 aromatic rings. The first kappa shape index (κ1) is 21.7. The van der Waals surface area contributed by atoms with E-state index in [0.29, 0.717) is 12.4 Å². The largest absolute Gasteiger partial charge is 0.346 e. The molecule has 0 radical (unpaired) electrons. The average molecular weight is 432 g/mol. The number of H-pyrrole nitrogens is 1. The quantitative estimate of drug-likeness (QED) is 0.445. The topological polar surface area (TPSA) is 94.3 Å². The Balaban J connectivity index is 1.64. The van der Waals surface area contributed by atoms with Gasteiger partial charge in [-0.2, -0.15) is 10.3 Å². The van der Waals surface area contributed by atoms with Crippen molar-refractivity contribution < 1.29 is 0 Å². The van der Waals surface area contributed by atoms with Crippen molar-refractivity contribution in [2.45, 2.75) is 59.0 Å². The van der Waals surface area contributed by atoms with Crippen molar-refractivity contribution in [3.8, 4) is 22.5 Å². The van der Waals surface area contributed by atoms with Gasteiger partial charge in [0.15, 0.2) is 0 Å². The minimum absolute atomic E-state index is 0.0406. The average Bonchev–Trinajstić information content (AvgIpc) is 3.44. The molecule has 2 aromatic carbocycles. The molecular formula is C24H29N7O. The highest BCUT2D eigenvalue weighted by Gasteiger charge is 2.19. The maximum atomic E-state index is 13.1. The second-order valence-corrected chi connectivity index (χ2v) is 8.44. The SMILES string of the molecule is CCCC(C)n1nc(C(C)C)n(Cc2ccc(-c3ccccc3-c3nn[nH]n3)cc2)c1=O. The zero-order chi connectivity index (χ0) is 22.7. The van der Waals surface area contributed by atoms with Gasteiger partial charge in [0.25, 0.3) is 0 Å². The van der Waals surface area contributed by atoms with Crippen LogP contribution in [0.15, 0.2) is 53.3 Å². The number of aromatic amines is 1. The summed E-state index contributed by atoms with van der Waals surface area (Å²) in [5, 5.41) is 19.1. The number of nitrogens with one attached hydrogen (secondary N) is 1. The number of hydrogen-bond donors (Lipinski definition) is 1. The van der Waals surface area contributed by atoms with Gasteiger partial charge in [0.05, 0.1) is 12.6 Å². The van der Waals surface area contributed by atoms with Crippen LogP contribution in [-0.2, 0) is 6.54 Å². The molecule has 166 valence electrons. The first-order valence-corrected chi connectivity index (χ1v) is 11.1. The molecule has 1 N–H and O–H groups in total. The molecule has 0 aliphatic rings. The molecule has 4 rings (SSSR count). The molecule has 0 bridgehead atoms. The Morgan fingerprint density at radius 1 is 1.00 bits per heavy atom. The molecule has 0 saturated heterocycles. The molecule has 0 aliphatic heterocycles. The highest BCUT2D eigenvalue weighted by molar-refractivity contribution is 5.80. The third-order valence-corrected chi connectivity index (χ3v) is 5.67. The lowest BCUT2D eigenvalue weighted by Gasteiger charge is -2.10. The van der Waals surface area contributed by atoms with Crippen LogP contribution in [0, 0.1) is 0 Å². The molecule has 0 saturated carbocycles. The zero-order valence-corrected chi connectivity index (χ0v) is 19.0. The van der Waals surface area contributed by atoms with Gasteiger partial charge < -0.3 is 0 Å². The Bertz CT molecular complexity index is 1220. The predicted molar refractivity (Wildman–Crippen MR) is 124 cm³/mol. The van der Waals surface area contributed by atoms with Crippen molar-refractivity contribution in [3.63, 3.8) is 0 Å². The van der Waals surface area contributed by atoms with Crippen molar-refractivity contribution in [2.75, 3.05) is 0 Å². The van der Waals surface area contributed by atoms with Crippen LogP contribution in [0.5, 0.6) is 0 Å². The fourth-order valence-electron chi connectivity index (χ4n) is 4.01. The van der Waals surface area contributed by atoms with E-state index in [1.807, 2.05) is 24.3 Å². The van der Waals surface area contributed by atoms with Crippen LogP contribution in [0.25, 0.3) is 22.5 Å². The van der Waals surface area contributed by atoms with E-state index in [4.69, 9.17) is 0 Å². The number of aromatic nitrogens is 7. The first-order chi connectivity index (χ1) is 15.5. The molecule has 0 aliphatic carbocycles. The van der Waals surface area contributed by atoms with Crippen LogP contribution < -0.4 is 5.69 Å². The Kier molecular flexibility index (Phi) is 6.30. The standard InChI is InChI=1S/C24H29N7O/c1-5-8-17(4)31-24(32)30(23(27-31)16(2)3)15-18-11-13-19(14-12-18)20-9-6-7-10-21(20)22-25-28-29-26-22/h6-7,9-14,16-17H,5,8,15H2,1-4H3,(H,25,26,28,29). The monoisotopic (exact) mass is 431 g/mol. The van der Waals surface area contributed by atoms with Crippen molar-refractivity contribution in [1.29, 1.82) is 0 Å². The highest BCUT2D eigenvalue weighted by Crippen LogP contribution is 2.29. The zero-order valence-electron chi connectivity index (χ0n) is 19.0. The van der Waals surface area contributed by atoms with Crippen molar-refractivity contribution in [3.05, 3.63) is 70.4 Å². The predicted octanol–water partition coefficient (Wildman–Crippen LogP) is 4.42. The normalized spacial score (nSPS) is 12.4. The number of tetrazole rings is 1. The Morgan fingerprint density at radius 3 is 2.34 bits per heavy atom. The maximum Gasteiger partial charge on any atom is 0.346 e. The Labute approximate surface area is 187 Å². The van der Waals surface area contributed by atoms with Crippen LogP contribution in [0.1, 0.15) is 63.9 Å². The van der Waals surface area contributed by atoms with E-state index in [-0.39, 0.29) is 17.6 Å². The van der Waals surface area contributed by atoms with E-state index >= 15 is 0 Å². The third kappa shape index (κ3) is 4.26. The summed E-state index contributed by atoms with van der Waals surface area (Å²) in [4.78, 5) is 13.1. The van der Waals surface area contributed by atoms with Gasteiger partial charge in [-0.1, -0.05) is 75.7 Å². The van der Waals surface area contributed by atoms with E-state index in [1.54, 1.807) is 9.25 Å². The molecular weight excluding hydrogens is 402 g/mol. The Hall–Kier alpha value is -3.55. The van der Waals surface area contributed by atoms with Gasteiger partial charge in [0, 0.05) is 11.5 Å². The van der Waals surface area contributed by atoms with E-state index < -0.39 is 0 Å². The van der Waals surface area contributed by atoms with Crippen LogP contribution >= 0.6 is 0 Å². The minimum Gasteiger partial charge on any atom is -0.274 e. The molecule has 0 spiro atoms. The van der Waals surface area contributed by atoms with Gasteiger partial charge >= 0.3 is 5.69 Å². The number of benzene rings is 2. The summed E-state index contributed by atoms with van der Waals surface area (Å²) >= 11 is 0. The molecule has 0 amide bonds. The highest BCUT2D eigenvalue weighted by atomic mass is 16.2. The smallest absolute Gasteiger partial charge is 0.274 e. The van der Waals surface area contributed by atoms with Gasteiger partial charge in [-0.25, -0.2) is 9.48 Å². The lowest BCUT2D eigenvalue weighted by atomic mass is 9.98. The van der Waals surface area contributed by atoms with Crippen LogP contribution in [0.4, 0.5) is 0 Å². The van der Waals surface area contributed by atoms with E-state index in [0.717, 1.165) is 40.9 Å². The van der Waals surface area contributed by atoms with Crippen LogP contribution in [0.2, 0.25) is 0 Å². The van der Waals surface area contributed by atoms with E-state index in [9.17, 15) is 4.79 Å². The van der Waals surface area contributed by atoms with E-state index in [2.05, 4.69) is 77.7 Å². The summed E-state index contributed by atoms with van der Waals surface area (Å²) in [6.07, 6.45) is 1.95. The third-order valence-electron chi connectivity index (χ3n) is 5.67. The summed E-state index contributed by atoms with van der Waals surface area (Å²) in [5.41, 5.74) is 4.01. The first-order valence-electron chi connectivity index (χ1n) is 11.1. The lowest BCUT2D eigenvalue weighted by Crippen LogP contribution is -2.28. The summed E-state index contributed by atoms with van der Waals surface area (Å²) in [5.74, 6) is 1.55. The number of rotatable bonds is 8. The Morgan fingerprint density at radius 2 is 1.72 bits per heavy atom. The van der Waals surface area contributed by atoms with Gasteiger partial charge in [-0.15, -0.1) is 10.2 Å². The van der Waals surface area contributed by atoms with Crippen molar-refractivity contribution in [2.24, 2.45) is 0 Å². The van der Waals surface area contributed by atoms with Gasteiger partial charge in [-0.05, 0) is 35.2 Å². The maximum absolute atomic E-state index is 13.1. The van der Waals surface area contributed by atoms with Gasteiger partial charge in [-0.3, -0.25) is 4.57 Å². The summed E-state index contributed by atoms with van der Waals surface area (Å²) in [6.45, 7) is 8.83. The summed E-state index contributed by atoms with van der Waals surface area (Å²) in [7, 11) is 0. The van der Waals surface area contributed by atoms with E-state index in [1.165, 1.54) is 0 Å². The van der Waals surface area contributed by atoms with Crippen molar-refractivity contribution >= 4 is 0 Å². The molecule has 1 unspecified atom stereocenters. The second-order valence-electron chi connectivity index (χ2n) is 8.44. The molecule has 32 heavy (non-hydrogen) atoms. The lowest BCUT2D eigenvalue weighted by molar-refractivity contribution is 0.435. The second kappa shape index (κ2) is 9.30. The summed E-state index contributed by atoms with van der Waals surface area (Å²) < 4.78 is 3.45. The molecule has 0 fully saturated rings. The number of hydrogen-bond acceptors (Lipinski definition) is 5. The number of nitrogens with zero attached hydrogens (tertiary/aromatic N) is 6. The molecule has 1 atom stereocenters. The fraction of sp³-hybridized carbons (Fsp3) is 0.375. The summed E-state index contributed by atoms with van der Waals surface area (Å²) in [6, 6.07) is 16.3. The van der Waals surface area contributed by atoms with Gasteiger partial charge in [0.1, 0.15) is 5.82 Å². The molecule has 8 nitrogen and oxygen atoms in total. The van der Waals surface area contributed by atoms with Crippen LogP contribution in [-0.4, -0.2) is 35.0 Å². The van der Waals surface area contributed by atoms with Crippen LogP contribution in [0.3, 0.4) is 0 Å².